The van der Waals surface area contributed by atoms with Gasteiger partial charge < -0.3 is 4.53 Å². The molecule has 0 spiro atoms. The zero-order valence-electron chi connectivity index (χ0n) is 9.69. The van der Waals surface area contributed by atoms with Crippen LogP contribution in [0.1, 0.15) is 20.8 Å². The fraction of sp³-hybridized carbons (Fsp3) is 0.545. The topological polar surface area (TPSA) is 31.2 Å². The van der Waals surface area contributed by atoms with Gasteiger partial charge in [0.1, 0.15) is 0 Å². The molecule has 0 amide bonds. The minimum Gasteiger partial charge on any atom is -0.467 e. The van der Waals surface area contributed by atoms with Gasteiger partial charge in [-0.3, -0.25) is 4.79 Å². The van der Waals surface area contributed by atoms with Gasteiger partial charge in [-0.25, -0.2) is 0 Å². The summed E-state index contributed by atoms with van der Waals surface area (Å²) in [6, 6.07) is 8.21. The highest BCUT2D eigenvalue weighted by Gasteiger charge is 2.32. The molecular weight excluding hydrogens is 206 g/mol. The molecule has 1 aromatic rings. The zero-order chi connectivity index (χ0) is 11.3. The molecule has 0 aliphatic rings. The molecule has 1 rings (SSSR count). The molecular formula is C11H19NO2Si. The van der Waals surface area contributed by atoms with Gasteiger partial charge in [-0.15, -0.1) is 0 Å². The van der Waals surface area contributed by atoms with Crippen LogP contribution in [-0.2, 0) is 0 Å². The van der Waals surface area contributed by atoms with Crippen LogP contribution in [0, 0.1) is 0 Å². The number of hydrogen-bond acceptors (Lipinski definition) is 2. The largest absolute Gasteiger partial charge is 0.467 e. The Kier molecular flexibility index (Phi) is 4.14. The van der Waals surface area contributed by atoms with Crippen molar-refractivity contribution >= 4 is 8.32 Å². The Hall–Kier alpha value is -1.03. The van der Waals surface area contributed by atoms with E-state index in [1.807, 2.05) is 6.07 Å². The lowest BCUT2D eigenvalue weighted by molar-refractivity contribution is 0.246. The van der Waals surface area contributed by atoms with E-state index in [1.54, 1.807) is 12.3 Å². The lowest BCUT2D eigenvalue weighted by Crippen LogP contribution is -2.47. The van der Waals surface area contributed by atoms with E-state index in [0.717, 1.165) is 18.1 Å². The smallest absolute Gasteiger partial charge is 0.284 e. The monoisotopic (exact) mass is 225 g/mol. The minimum atomic E-state index is -1.73. The Morgan fingerprint density at radius 2 is 1.80 bits per heavy atom. The molecule has 0 aromatic carbocycles. The second kappa shape index (κ2) is 5.16. The summed E-state index contributed by atoms with van der Waals surface area (Å²) in [7, 11) is -1.73. The van der Waals surface area contributed by atoms with Crippen LogP contribution in [0.2, 0.25) is 18.1 Å². The molecule has 0 fully saturated rings. The van der Waals surface area contributed by atoms with Gasteiger partial charge in [0.15, 0.2) is 0 Å². The third kappa shape index (κ3) is 2.72. The lowest BCUT2D eigenvalue weighted by Gasteiger charge is -2.28. The minimum absolute atomic E-state index is 0.0790. The van der Waals surface area contributed by atoms with Crippen molar-refractivity contribution in [2.24, 2.45) is 0 Å². The van der Waals surface area contributed by atoms with E-state index >= 15 is 0 Å². The summed E-state index contributed by atoms with van der Waals surface area (Å²) >= 11 is 0. The zero-order valence-corrected chi connectivity index (χ0v) is 10.7. The highest BCUT2D eigenvalue weighted by molar-refractivity contribution is 6.73. The van der Waals surface area contributed by atoms with Crippen LogP contribution in [0.15, 0.2) is 29.2 Å². The number of nitrogens with zero attached hydrogens (tertiary/aromatic N) is 1. The molecule has 0 radical (unpaired) electrons. The Balaban J connectivity index is 2.93. The summed E-state index contributed by atoms with van der Waals surface area (Å²) in [5, 5.41) is 0. The van der Waals surface area contributed by atoms with E-state index in [4.69, 9.17) is 4.53 Å². The molecule has 84 valence electrons. The summed E-state index contributed by atoms with van der Waals surface area (Å²) < 4.78 is 7.32. The highest BCUT2D eigenvalue weighted by atomic mass is 28.4. The Bertz CT molecular complexity index is 349. The van der Waals surface area contributed by atoms with Crippen LogP contribution < -0.4 is 10.1 Å². The quantitative estimate of drug-likeness (QED) is 0.720. The summed E-state index contributed by atoms with van der Waals surface area (Å²) in [4.78, 5) is 11.5. The average Bonchev–Trinajstić information content (AvgIpc) is 2.29. The molecule has 0 saturated heterocycles. The SMILES string of the molecule is CC[Si](CC)(CC)On1ccccc1=O. The van der Waals surface area contributed by atoms with Gasteiger partial charge in [-0.05, 0) is 24.2 Å². The number of aromatic nitrogens is 1. The third-order valence-corrected chi connectivity index (χ3v) is 7.46. The molecule has 0 aliphatic heterocycles. The van der Waals surface area contributed by atoms with Crippen molar-refractivity contribution in [2.45, 2.75) is 38.9 Å². The van der Waals surface area contributed by atoms with Gasteiger partial charge in [-0.1, -0.05) is 26.8 Å². The maximum Gasteiger partial charge on any atom is 0.284 e. The molecule has 0 atom stereocenters. The molecule has 0 N–H and O–H groups in total. The molecule has 4 heteroatoms. The fourth-order valence-corrected chi connectivity index (χ4v) is 4.10. The number of hydrogen-bond donors (Lipinski definition) is 0. The molecule has 15 heavy (non-hydrogen) atoms. The third-order valence-electron chi connectivity index (χ3n) is 3.01. The Morgan fingerprint density at radius 1 is 1.20 bits per heavy atom. The molecule has 1 heterocycles. The van der Waals surface area contributed by atoms with Crippen LogP contribution in [0.5, 0.6) is 0 Å². The fourth-order valence-electron chi connectivity index (χ4n) is 1.64. The maximum atomic E-state index is 11.5. The van der Waals surface area contributed by atoms with Crippen molar-refractivity contribution in [1.82, 2.24) is 4.73 Å². The van der Waals surface area contributed by atoms with Gasteiger partial charge in [0.2, 0.25) is 0 Å². The summed E-state index contributed by atoms with van der Waals surface area (Å²) in [5.41, 5.74) is -0.0790. The van der Waals surface area contributed by atoms with Crippen LogP contribution in [0.25, 0.3) is 0 Å². The first-order valence-electron chi connectivity index (χ1n) is 5.54. The molecule has 0 unspecified atom stereocenters. The van der Waals surface area contributed by atoms with E-state index in [1.165, 1.54) is 10.8 Å². The van der Waals surface area contributed by atoms with Gasteiger partial charge in [0.25, 0.3) is 13.9 Å². The normalized spacial score (nSPS) is 11.4. The van der Waals surface area contributed by atoms with Gasteiger partial charge in [0.05, 0.1) is 0 Å². The van der Waals surface area contributed by atoms with Crippen molar-refractivity contribution in [3.63, 3.8) is 0 Å². The van der Waals surface area contributed by atoms with E-state index in [2.05, 4.69) is 20.8 Å². The Labute approximate surface area is 91.8 Å². The van der Waals surface area contributed by atoms with Crippen molar-refractivity contribution < 1.29 is 4.53 Å². The van der Waals surface area contributed by atoms with Crippen LogP contribution in [0.4, 0.5) is 0 Å². The molecule has 3 nitrogen and oxygen atoms in total. The lowest BCUT2D eigenvalue weighted by atomic mass is 10.5. The summed E-state index contributed by atoms with van der Waals surface area (Å²) in [6.45, 7) is 6.44. The molecule has 1 aromatic heterocycles. The molecule has 0 saturated carbocycles. The van der Waals surface area contributed by atoms with Crippen molar-refractivity contribution in [2.75, 3.05) is 0 Å². The maximum absolute atomic E-state index is 11.5. The standard InChI is InChI=1S/C11H19NO2Si/c1-4-15(5-2,6-3)14-12-10-8-7-9-11(12)13/h7-10H,4-6H2,1-3H3. The highest BCUT2D eigenvalue weighted by Crippen LogP contribution is 2.17. The Morgan fingerprint density at radius 3 is 2.27 bits per heavy atom. The molecule has 0 bridgehead atoms. The van der Waals surface area contributed by atoms with Crippen molar-refractivity contribution in [1.29, 1.82) is 0 Å². The summed E-state index contributed by atoms with van der Waals surface area (Å²) in [5.74, 6) is 0. The van der Waals surface area contributed by atoms with Crippen LogP contribution >= 0.6 is 0 Å². The second-order valence-electron chi connectivity index (χ2n) is 3.70. The first-order valence-corrected chi connectivity index (χ1v) is 8.07. The second-order valence-corrected chi connectivity index (χ2v) is 8.37. The van der Waals surface area contributed by atoms with Gasteiger partial charge in [-0.2, -0.15) is 4.73 Å². The number of rotatable bonds is 5. The summed E-state index contributed by atoms with van der Waals surface area (Å²) in [6.07, 6.45) is 1.70. The predicted octanol–water partition coefficient (Wildman–Crippen LogP) is 2.28. The predicted molar refractivity (Wildman–Crippen MR) is 64.5 cm³/mol. The number of pyridine rings is 1. The van der Waals surface area contributed by atoms with Crippen LogP contribution in [0.3, 0.4) is 0 Å². The first kappa shape index (κ1) is 12.0. The van der Waals surface area contributed by atoms with Crippen molar-refractivity contribution in [3.05, 3.63) is 34.7 Å². The average molecular weight is 225 g/mol. The van der Waals surface area contributed by atoms with E-state index in [9.17, 15) is 4.79 Å². The van der Waals surface area contributed by atoms with E-state index in [0.29, 0.717) is 0 Å². The first-order chi connectivity index (χ1) is 7.17. The van der Waals surface area contributed by atoms with Crippen LogP contribution in [-0.4, -0.2) is 13.0 Å². The van der Waals surface area contributed by atoms with Gasteiger partial charge in [0, 0.05) is 12.3 Å². The van der Waals surface area contributed by atoms with Crippen molar-refractivity contribution in [3.8, 4) is 0 Å². The van der Waals surface area contributed by atoms with Gasteiger partial charge >= 0.3 is 0 Å². The van der Waals surface area contributed by atoms with E-state index < -0.39 is 8.32 Å². The van der Waals surface area contributed by atoms with E-state index in [-0.39, 0.29) is 5.56 Å². The molecule has 0 aliphatic carbocycles.